The fourth-order valence-electron chi connectivity index (χ4n) is 2.21. The number of rotatable bonds is 2. The molecule has 7 nitrogen and oxygen atoms in total. The summed E-state index contributed by atoms with van der Waals surface area (Å²) >= 11 is 1.86. The van der Waals surface area contributed by atoms with Crippen molar-refractivity contribution in [3.8, 4) is 11.6 Å². The van der Waals surface area contributed by atoms with Crippen LogP contribution >= 0.6 is 11.8 Å². The van der Waals surface area contributed by atoms with Crippen LogP contribution in [0.4, 0.5) is 0 Å². The Hall–Kier alpha value is -1.83. The molecule has 0 unspecified atom stereocenters. The highest BCUT2D eigenvalue weighted by Crippen LogP contribution is 2.28. The number of thioether (sulfide) groups is 1. The monoisotopic (exact) mass is 293 g/mol. The van der Waals surface area contributed by atoms with Gasteiger partial charge in [-0.3, -0.25) is 4.79 Å². The number of aromatic nitrogens is 4. The number of nitrogens with one attached hydrogen (secondary N) is 1. The van der Waals surface area contributed by atoms with E-state index in [-0.39, 0.29) is 11.4 Å². The first-order valence-electron chi connectivity index (χ1n) is 6.31. The Morgan fingerprint density at radius 1 is 1.50 bits per heavy atom. The van der Waals surface area contributed by atoms with E-state index in [4.69, 9.17) is 4.42 Å². The predicted octanol–water partition coefficient (Wildman–Crippen LogP) is 1.43. The fourth-order valence-corrected chi connectivity index (χ4v) is 3.32. The van der Waals surface area contributed by atoms with Crippen molar-refractivity contribution >= 4 is 17.7 Å². The lowest BCUT2D eigenvalue weighted by atomic mass is 10.1. The molecule has 1 aliphatic heterocycles. The molecule has 2 aromatic heterocycles. The van der Waals surface area contributed by atoms with Gasteiger partial charge in [-0.05, 0) is 31.2 Å². The summed E-state index contributed by atoms with van der Waals surface area (Å²) in [5, 5.41) is 13.5. The molecule has 8 heteroatoms. The lowest BCUT2D eigenvalue weighted by Gasteiger charge is -2.41. The van der Waals surface area contributed by atoms with Crippen molar-refractivity contribution in [1.29, 1.82) is 0 Å². The van der Waals surface area contributed by atoms with Gasteiger partial charge in [0, 0.05) is 23.6 Å². The maximum absolute atomic E-state index is 12.6. The van der Waals surface area contributed by atoms with Gasteiger partial charge in [0.1, 0.15) is 0 Å². The lowest BCUT2D eigenvalue weighted by molar-refractivity contribution is 0.0566. The normalized spacial score (nSPS) is 18.2. The third kappa shape index (κ3) is 2.31. The van der Waals surface area contributed by atoms with E-state index < -0.39 is 0 Å². The summed E-state index contributed by atoms with van der Waals surface area (Å²) in [6, 6.07) is 3.34. The molecule has 0 aromatic carbocycles. The Bertz CT molecular complexity index is 607. The number of tetrazole rings is 1. The van der Waals surface area contributed by atoms with Gasteiger partial charge in [-0.15, -0.1) is 10.2 Å². The maximum Gasteiger partial charge on any atom is 0.290 e. The van der Waals surface area contributed by atoms with Crippen molar-refractivity contribution in [3.63, 3.8) is 0 Å². The van der Waals surface area contributed by atoms with Gasteiger partial charge in [0.15, 0.2) is 11.5 Å². The third-order valence-electron chi connectivity index (χ3n) is 3.27. The highest BCUT2D eigenvalue weighted by molar-refractivity contribution is 7.99. The largest absolute Gasteiger partial charge is 0.447 e. The number of hydrogen-bond donors (Lipinski definition) is 1. The molecule has 1 amide bonds. The number of hydrogen-bond acceptors (Lipinski definition) is 6. The Labute approximate surface area is 120 Å². The molecule has 1 saturated heterocycles. The standard InChI is InChI=1S/C12H15N5O2S/c1-12(2)7-20-6-5-17(12)11(18)9-4-3-8(19-9)10-13-15-16-14-10/h3-4H,5-7H2,1-2H3,(H,13,14,15,16). The zero-order valence-corrected chi connectivity index (χ0v) is 12.1. The molecular formula is C12H15N5O2S. The molecule has 20 heavy (non-hydrogen) atoms. The minimum Gasteiger partial charge on any atom is -0.447 e. The Morgan fingerprint density at radius 2 is 2.35 bits per heavy atom. The van der Waals surface area contributed by atoms with Gasteiger partial charge in [0.05, 0.1) is 0 Å². The fraction of sp³-hybridized carbons (Fsp3) is 0.500. The second-order valence-corrected chi connectivity index (χ2v) is 6.33. The van der Waals surface area contributed by atoms with Gasteiger partial charge in [-0.25, -0.2) is 0 Å². The molecular weight excluding hydrogens is 278 g/mol. The van der Waals surface area contributed by atoms with Crippen LogP contribution in [-0.2, 0) is 0 Å². The smallest absolute Gasteiger partial charge is 0.290 e. The van der Waals surface area contributed by atoms with Gasteiger partial charge >= 0.3 is 0 Å². The number of carbonyl (C=O) groups is 1. The number of amides is 1. The van der Waals surface area contributed by atoms with Crippen LogP contribution in [0.3, 0.4) is 0 Å². The van der Waals surface area contributed by atoms with E-state index in [2.05, 4.69) is 34.5 Å². The summed E-state index contributed by atoms with van der Waals surface area (Å²) in [4.78, 5) is 14.4. The van der Waals surface area contributed by atoms with Crippen molar-refractivity contribution in [3.05, 3.63) is 17.9 Å². The van der Waals surface area contributed by atoms with Crippen LogP contribution in [0, 0.1) is 0 Å². The second-order valence-electron chi connectivity index (χ2n) is 5.22. The molecule has 0 saturated carbocycles. The van der Waals surface area contributed by atoms with Crippen LogP contribution in [0.2, 0.25) is 0 Å². The first kappa shape index (κ1) is 13.2. The zero-order valence-electron chi connectivity index (χ0n) is 11.3. The van der Waals surface area contributed by atoms with Gasteiger partial charge in [0.2, 0.25) is 5.82 Å². The first-order chi connectivity index (χ1) is 9.58. The van der Waals surface area contributed by atoms with Crippen LogP contribution in [0.25, 0.3) is 11.6 Å². The Morgan fingerprint density at radius 3 is 3.05 bits per heavy atom. The van der Waals surface area contributed by atoms with Crippen LogP contribution < -0.4 is 0 Å². The summed E-state index contributed by atoms with van der Waals surface area (Å²) in [6.07, 6.45) is 0. The van der Waals surface area contributed by atoms with E-state index in [1.807, 2.05) is 16.7 Å². The Balaban J connectivity index is 1.84. The highest BCUT2D eigenvalue weighted by Gasteiger charge is 2.35. The van der Waals surface area contributed by atoms with Crippen molar-refractivity contribution in [2.24, 2.45) is 0 Å². The topological polar surface area (TPSA) is 87.9 Å². The molecule has 106 valence electrons. The van der Waals surface area contributed by atoms with E-state index in [0.29, 0.717) is 17.3 Å². The number of nitrogens with zero attached hydrogens (tertiary/aromatic N) is 4. The average molecular weight is 293 g/mol. The predicted molar refractivity (Wildman–Crippen MR) is 74.3 cm³/mol. The molecule has 1 N–H and O–H groups in total. The van der Waals surface area contributed by atoms with E-state index in [0.717, 1.165) is 18.1 Å². The van der Waals surface area contributed by atoms with Gasteiger partial charge in [-0.1, -0.05) is 0 Å². The molecule has 3 rings (SSSR count). The second kappa shape index (κ2) is 4.93. The third-order valence-corrected chi connectivity index (χ3v) is 4.65. The van der Waals surface area contributed by atoms with Crippen molar-refractivity contribution in [2.75, 3.05) is 18.1 Å². The van der Waals surface area contributed by atoms with Crippen molar-refractivity contribution in [2.45, 2.75) is 19.4 Å². The molecule has 1 fully saturated rings. The molecule has 3 heterocycles. The zero-order chi connectivity index (χ0) is 14.2. The van der Waals surface area contributed by atoms with Crippen molar-refractivity contribution in [1.82, 2.24) is 25.5 Å². The Kier molecular flexibility index (Phi) is 3.25. The van der Waals surface area contributed by atoms with Crippen LogP contribution in [0.1, 0.15) is 24.4 Å². The van der Waals surface area contributed by atoms with Crippen LogP contribution in [0.5, 0.6) is 0 Å². The first-order valence-corrected chi connectivity index (χ1v) is 7.47. The van der Waals surface area contributed by atoms with Gasteiger partial charge in [0.25, 0.3) is 5.91 Å². The summed E-state index contributed by atoms with van der Waals surface area (Å²) in [5.41, 5.74) is -0.168. The van der Waals surface area contributed by atoms with Gasteiger partial charge < -0.3 is 9.32 Å². The minimum atomic E-state index is -0.168. The summed E-state index contributed by atoms with van der Waals surface area (Å²) in [6.45, 7) is 4.87. The highest BCUT2D eigenvalue weighted by atomic mass is 32.2. The molecule has 0 radical (unpaired) electrons. The minimum absolute atomic E-state index is 0.0926. The molecule has 0 aliphatic carbocycles. The molecule has 0 atom stereocenters. The molecule has 0 bridgehead atoms. The van der Waals surface area contributed by atoms with E-state index in [1.165, 1.54) is 0 Å². The average Bonchev–Trinajstić information content (AvgIpc) is 3.08. The number of aromatic amines is 1. The van der Waals surface area contributed by atoms with Crippen LogP contribution in [0.15, 0.2) is 16.5 Å². The quantitative estimate of drug-likeness (QED) is 0.901. The number of carbonyl (C=O) groups excluding carboxylic acids is 1. The lowest BCUT2D eigenvalue weighted by Crippen LogP contribution is -2.53. The SMILES string of the molecule is CC1(C)CSCCN1C(=O)c1ccc(-c2nn[nH]n2)o1. The summed E-state index contributed by atoms with van der Waals surface area (Å²) in [7, 11) is 0. The number of furan rings is 1. The number of H-pyrrole nitrogens is 1. The van der Waals surface area contributed by atoms with Gasteiger partial charge in [-0.2, -0.15) is 17.0 Å². The molecule has 1 aliphatic rings. The van der Waals surface area contributed by atoms with E-state index in [9.17, 15) is 4.79 Å². The summed E-state index contributed by atoms with van der Waals surface area (Å²) < 4.78 is 5.55. The molecule has 0 spiro atoms. The van der Waals surface area contributed by atoms with E-state index >= 15 is 0 Å². The van der Waals surface area contributed by atoms with Crippen LogP contribution in [-0.4, -0.2) is 55.0 Å². The molecule has 2 aromatic rings. The maximum atomic E-state index is 12.6. The van der Waals surface area contributed by atoms with E-state index in [1.54, 1.807) is 12.1 Å². The van der Waals surface area contributed by atoms with Crippen molar-refractivity contribution < 1.29 is 9.21 Å². The summed E-state index contributed by atoms with van der Waals surface area (Å²) in [5.74, 6) is 2.88.